The summed E-state index contributed by atoms with van der Waals surface area (Å²) in [5.41, 5.74) is 7.83. The maximum atomic E-state index is 5.82. The van der Waals surface area contributed by atoms with Crippen molar-refractivity contribution in [2.75, 3.05) is 5.32 Å². The van der Waals surface area contributed by atoms with Crippen molar-refractivity contribution in [3.63, 3.8) is 0 Å². The normalized spacial score (nSPS) is 11.1. The van der Waals surface area contributed by atoms with Crippen molar-refractivity contribution in [3.05, 3.63) is 127 Å². The molecular weight excluding hydrogens is 409 g/mol. The van der Waals surface area contributed by atoms with Crippen molar-refractivity contribution in [2.24, 2.45) is 0 Å². The Morgan fingerprint density at radius 2 is 0.765 bits per heavy atom. The molecular formula is C32H22BN. The lowest BCUT2D eigenvalue weighted by molar-refractivity contribution is 1.56. The lowest BCUT2D eigenvalue weighted by Crippen LogP contribution is -2.00. The summed E-state index contributed by atoms with van der Waals surface area (Å²) in [6, 6.07) is 44.7. The summed E-state index contributed by atoms with van der Waals surface area (Å²) < 4.78 is 0. The standard InChI is InChI=1S/C32H22BN/c33-24-16-20-26(21-17-24)34-25-18-14-23(15-19-25)32-29-12-6-4-10-27(29)31(22-8-2-1-3-9-22)28-11-5-7-13-30(28)32/h1-21,34H. The monoisotopic (exact) mass is 431 g/mol. The van der Waals surface area contributed by atoms with E-state index in [1.54, 1.807) is 0 Å². The molecule has 0 spiro atoms. The molecule has 0 saturated heterocycles. The van der Waals surface area contributed by atoms with Gasteiger partial charge in [0, 0.05) is 11.4 Å². The molecule has 6 aromatic carbocycles. The quantitative estimate of drug-likeness (QED) is 0.221. The highest BCUT2D eigenvalue weighted by atomic mass is 14.9. The van der Waals surface area contributed by atoms with E-state index in [1.807, 2.05) is 24.3 Å². The van der Waals surface area contributed by atoms with Gasteiger partial charge in [-0.25, -0.2) is 0 Å². The fourth-order valence-corrected chi connectivity index (χ4v) is 4.81. The first-order chi connectivity index (χ1) is 16.8. The first-order valence-corrected chi connectivity index (χ1v) is 11.5. The van der Waals surface area contributed by atoms with Crippen LogP contribution in [0.15, 0.2) is 127 Å². The summed E-state index contributed by atoms with van der Waals surface area (Å²) in [5.74, 6) is 0. The van der Waals surface area contributed by atoms with Crippen LogP contribution in [0.25, 0.3) is 43.8 Å². The zero-order valence-corrected chi connectivity index (χ0v) is 18.7. The summed E-state index contributed by atoms with van der Waals surface area (Å²) in [5, 5.41) is 8.53. The predicted molar refractivity (Wildman–Crippen MR) is 147 cm³/mol. The molecule has 0 amide bonds. The van der Waals surface area contributed by atoms with Crippen LogP contribution in [-0.4, -0.2) is 7.85 Å². The number of anilines is 2. The maximum absolute atomic E-state index is 5.82. The SMILES string of the molecule is [B]c1ccc(Nc2ccc(-c3c4ccccc4c(-c4ccccc4)c4ccccc34)cc2)cc1. The molecule has 0 unspecified atom stereocenters. The van der Waals surface area contributed by atoms with Crippen LogP contribution < -0.4 is 10.8 Å². The van der Waals surface area contributed by atoms with Gasteiger partial charge in [-0.1, -0.05) is 109 Å². The van der Waals surface area contributed by atoms with E-state index in [0.29, 0.717) is 0 Å². The number of rotatable bonds is 4. The first-order valence-electron chi connectivity index (χ1n) is 11.5. The summed E-state index contributed by atoms with van der Waals surface area (Å²) in [7, 11) is 5.82. The Bertz CT molecular complexity index is 1540. The largest absolute Gasteiger partial charge is 0.356 e. The Morgan fingerprint density at radius 3 is 1.24 bits per heavy atom. The smallest absolute Gasteiger partial charge is 0.113 e. The minimum Gasteiger partial charge on any atom is -0.356 e. The molecule has 0 heterocycles. The third kappa shape index (κ3) is 3.64. The molecule has 6 rings (SSSR count). The molecule has 0 saturated carbocycles. The van der Waals surface area contributed by atoms with Crippen LogP contribution in [0.5, 0.6) is 0 Å². The van der Waals surface area contributed by atoms with E-state index >= 15 is 0 Å². The minimum atomic E-state index is 0.763. The second-order valence-electron chi connectivity index (χ2n) is 8.53. The van der Waals surface area contributed by atoms with Gasteiger partial charge in [0.05, 0.1) is 0 Å². The third-order valence-corrected chi connectivity index (χ3v) is 6.37. The summed E-state index contributed by atoms with van der Waals surface area (Å²) in [6.45, 7) is 0. The summed E-state index contributed by atoms with van der Waals surface area (Å²) >= 11 is 0. The number of nitrogens with one attached hydrogen (secondary N) is 1. The van der Waals surface area contributed by atoms with E-state index in [2.05, 4.69) is 108 Å². The molecule has 6 aromatic rings. The number of hydrogen-bond donors (Lipinski definition) is 1. The van der Waals surface area contributed by atoms with Gasteiger partial charge in [0.25, 0.3) is 0 Å². The van der Waals surface area contributed by atoms with Gasteiger partial charge in [-0.05, 0) is 68.1 Å². The average Bonchev–Trinajstić information content (AvgIpc) is 2.89. The zero-order chi connectivity index (χ0) is 22.9. The van der Waals surface area contributed by atoms with Gasteiger partial charge in [0.1, 0.15) is 7.85 Å². The van der Waals surface area contributed by atoms with Gasteiger partial charge in [-0.15, -0.1) is 0 Å². The lowest BCUT2D eigenvalue weighted by atomic mass is 9.86. The van der Waals surface area contributed by atoms with Crippen LogP contribution in [0.1, 0.15) is 0 Å². The van der Waals surface area contributed by atoms with Crippen LogP contribution in [0, 0.1) is 0 Å². The van der Waals surface area contributed by atoms with Gasteiger partial charge in [-0.3, -0.25) is 0 Å². The second kappa shape index (κ2) is 8.57. The second-order valence-corrected chi connectivity index (χ2v) is 8.53. The van der Waals surface area contributed by atoms with Crippen molar-refractivity contribution in [2.45, 2.75) is 0 Å². The summed E-state index contributed by atoms with van der Waals surface area (Å²) in [4.78, 5) is 0. The molecule has 1 N–H and O–H groups in total. The molecule has 0 bridgehead atoms. The highest BCUT2D eigenvalue weighted by molar-refractivity contribution is 6.32. The van der Waals surface area contributed by atoms with Gasteiger partial charge in [-0.2, -0.15) is 0 Å². The Labute approximate surface area is 201 Å². The fraction of sp³-hybridized carbons (Fsp3) is 0. The molecule has 0 aliphatic heterocycles. The highest BCUT2D eigenvalue weighted by Gasteiger charge is 2.16. The number of hydrogen-bond acceptors (Lipinski definition) is 1. The van der Waals surface area contributed by atoms with E-state index in [4.69, 9.17) is 7.85 Å². The molecule has 0 aliphatic rings. The Kier molecular flexibility index (Phi) is 5.12. The van der Waals surface area contributed by atoms with Gasteiger partial charge in [0.2, 0.25) is 0 Å². The Morgan fingerprint density at radius 1 is 0.382 bits per heavy atom. The molecule has 0 fully saturated rings. The molecule has 0 atom stereocenters. The van der Waals surface area contributed by atoms with E-state index < -0.39 is 0 Å². The first kappa shape index (κ1) is 20.3. The average molecular weight is 431 g/mol. The number of benzene rings is 6. The zero-order valence-electron chi connectivity index (χ0n) is 18.7. The van der Waals surface area contributed by atoms with Gasteiger partial charge < -0.3 is 5.32 Å². The Hall–Kier alpha value is -4.30. The molecule has 2 radical (unpaired) electrons. The lowest BCUT2D eigenvalue weighted by Gasteiger charge is -2.18. The highest BCUT2D eigenvalue weighted by Crippen LogP contribution is 2.43. The van der Waals surface area contributed by atoms with Crippen molar-refractivity contribution in [1.82, 2.24) is 0 Å². The molecule has 2 heteroatoms. The molecule has 1 nitrogen and oxygen atoms in total. The summed E-state index contributed by atoms with van der Waals surface area (Å²) in [6.07, 6.45) is 0. The fourth-order valence-electron chi connectivity index (χ4n) is 4.81. The van der Waals surface area contributed by atoms with E-state index in [1.165, 1.54) is 43.8 Å². The van der Waals surface area contributed by atoms with Gasteiger partial charge >= 0.3 is 0 Å². The van der Waals surface area contributed by atoms with E-state index in [9.17, 15) is 0 Å². The van der Waals surface area contributed by atoms with Crippen LogP contribution >= 0.6 is 0 Å². The molecule has 158 valence electrons. The van der Waals surface area contributed by atoms with Gasteiger partial charge in [0.15, 0.2) is 0 Å². The maximum Gasteiger partial charge on any atom is 0.113 e. The molecule has 0 aromatic heterocycles. The molecule has 34 heavy (non-hydrogen) atoms. The van der Waals surface area contributed by atoms with Crippen molar-refractivity contribution in [3.8, 4) is 22.3 Å². The topological polar surface area (TPSA) is 12.0 Å². The van der Waals surface area contributed by atoms with E-state index in [-0.39, 0.29) is 0 Å². The Balaban J connectivity index is 1.53. The van der Waals surface area contributed by atoms with Crippen LogP contribution in [0.2, 0.25) is 0 Å². The van der Waals surface area contributed by atoms with Crippen LogP contribution in [-0.2, 0) is 0 Å². The predicted octanol–water partition coefficient (Wildman–Crippen LogP) is 7.86. The van der Waals surface area contributed by atoms with Crippen LogP contribution in [0.3, 0.4) is 0 Å². The third-order valence-electron chi connectivity index (χ3n) is 6.37. The van der Waals surface area contributed by atoms with Crippen molar-refractivity contribution < 1.29 is 0 Å². The van der Waals surface area contributed by atoms with Crippen molar-refractivity contribution >= 4 is 46.2 Å². The number of fused-ring (bicyclic) bond motifs is 2. The minimum absolute atomic E-state index is 0.763. The van der Waals surface area contributed by atoms with Crippen molar-refractivity contribution in [1.29, 1.82) is 0 Å². The van der Waals surface area contributed by atoms with Crippen LogP contribution in [0.4, 0.5) is 11.4 Å². The van der Waals surface area contributed by atoms with E-state index in [0.717, 1.165) is 16.8 Å². The molecule has 0 aliphatic carbocycles.